The van der Waals surface area contributed by atoms with E-state index in [1.54, 1.807) is 6.92 Å². The van der Waals surface area contributed by atoms with Crippen molar-refractivity contribution in [3.05, 3.63) is 34.0 Å². The Labute approximate surface area is 119 Å². The van der Waals surface area contributed by atoms with E-state index in [4.69, 9.17) is 10.5 Å². The van der Waals surface area contributed by atoms with Crippen LogP contribution in [-0.4, -0.2) is 28.0 Å². The van der Waals surface area contributed by atoms with Crippen LogP contribution in [0, 0.1) is 10.1 Å². The van der Waals surface area contributed by atoms with Crippen LogP contribution in [0.25, 0.3) is 10.9 Å². The molecule has 2 N–H and O–H groups in total. The van der Waals surface area contributed by atoms with Crippen molar-refractivity contribution in [2.24, 2.45) is 0 Å². The molecule has 1 aromatic heterocycles. The number of anilines is 1. The summed E-state index contributed by atoms with van der Waals surface area (Å²) >= 11 is 0. The molecular formula is C13H13N3O5. The lowest BCUT2D eigenvalue weighted by molar-refractivity contribution is -0.383. The largest absolute Gasteiger partial charge is 0.461 e. The Morgan fingerprint density at radius 1 is 1.43 bits per heavy atom. The van der Waals surface area contributed by atoms with Crippen LogP contribution >= 0.6 is 0 Å². The molecule has 21 heavy (non-hydrogen) atoms. The van der Waals surface area contributed by atoms with Crippen molar-refractivity contribution in [2.45, 2.75) is 13.8 Å². The zero-order chi connectivity index (χ0) is 15.7. The number of nitrogen functional groups attached to an aromatic ring is 1. The van der Waals surface area contributed by atoms with E-state index in [-0.39, 0.29) is 34.6 Å². The Hall–Kier alpha value is -2.90. The van der Waals surface area contributed by atoms with E-state index in [1.165, 1.54) is 25.1 Å². The third-order valence-electron chi connectivity index (χ3n) is 2.99. The quantitative estimate of drug-likeness (QED) is 0.524. The maximum atomic E-state index is 12.0. The number of carbonyl (C=O) groups is 2. The maximum Gasteiger partial charge on any atom is 0.357 e. The minimum Gasteiger partial charge on any atom is -0.461 e. The van der Waals surface area contributed by atoms with E-state index in [9.17, 15) is 19.7 Å². The standard InChI is InChI=1S/C13H13N3O5/c1-3-21-13(18)12-11(14)10-8(15(12)7(2)17)5-4-6-9(10)16(19)20/h4-6H,3,14H2,1-2H3. The molecule has 1 aromatic carbocycles. The van der Waals surface area contributed by atoms with Crippen LogP contribution in [-0.2, 0) is 4.74 Å². The number of nitro groups is 1. The van der Waals surface area contributed by atoms with Crippen molar-refractivity contribution in [3.8, 4) is 0 Å². The molecule has 0 fully saturated rings. The summed E-state index contributed by atoms with van der Waals surface area (Å²) in [6, 6.07) is 4.18. The average Bonchev–Trinajstić information content (AvgIpc) is 2.72. The van der Waals surface area contributed by atoms with E-state index in [0.29, 0.717) is 0 Å². The van der Waals surface area contributed by atoms with Crippen LogP contribution in [0.1, 0.15) is 29.1 Å². The van der Waals surface area contributed by atoms with E-state index in [0.717, 1.165) is 4.57 Å². The Bertz CT molecular complexity index is 763. The molecule has 0 aliphatic rings. The van der Waals surface area contributed by atoms with Crippen LogP contribution in [0.5, 0.6) is 0 Å². The summed E-state index contributed by atoms with van der Waals surface area (Å²) in [5.41, 5.74) is 5.49. The highest BCUT2D eigenvalue weighted by atomic mass is 16.6. The average molecular weight is 291 g/mol. The van der Waals surface area contributed by atoms with E-state index < -0.39 is 16.8 Å². The van der Waals surface area contributed by atoms with Gasteiger partial charge in [-0.05, 0) is 13.0 Å². The highest BCUT2D eigenvalue weighted by Gasteiger charge is 2.28. The van der Waals surface area contributed by atoms with Crippen LogP contribution in [0.3, 0.4) is 0 Å². The summed E-state index contributed by atoms with van der Waals surface area (Å²) in [5, 5.41) is 11.1. The molecule has 0 unspecified atom stereocenters. The van der Waals surface area contributed by atoms with E-state index >= 15 is 0 Å². The number of fused-ring (bicyclic) bond motifs is 1. The van der Waals surface area contributed by atoms with Gasteiger partial charge in [0.15, 0.2) is 5.69 Å². The molecule has 0 bridgehead atoms. The number of nitro benzene ring substituents is 1. The van der Waals surface area contributed by atoms with Crippen molar-refractivity contribution >= 4 is 34.2 Å². The van der Waals surface area contributed by atoms with Gasteiger partial charge in [0.2, 0.25) is 5.91 Å². The van der Waals surface area contributed by atoms with Crippen LogP contribution < -0.4 is 5.73 Å². The fraction of sp³-hybridized carbons (Fsp3) is 0.231. The van der Waals surface area contributed by atoms with Gasteiger partial charge in [0.1, 0.15) is 5.39 Å². The maximum absolute atomic E-state index is 12.0. The first kappa shape index (κ1) is 14.5. The van der Waals surface area contributed by atoms with Crippen molar-refractivity contribution < 1.29 is 19.2 Å². The van der Waals surface area contributed by atoms with Crippen molar-refractivity contribution in [2.75, 3.05) is 12.3 Å². The predicted octanol–water partition coefficient (Wildman–Crippen LogP) is 1.97. The number of benzene rings is 1. The molecule has 2 rings (SSSR count). The van der Waals surface area contributed by atoms with Gasteiger partial charge in [0.05, 0.1) is 22.7 Å². The van der Waals surface area contributed by atoms with Gasteiger partial charge in [-0.25, -0.2) is 4.79 Å². The second-order valence-electron chi connectivity index (χ2n) is 4.27. The zero-order valence-corrected chi connectivity index (χ0v) is 11.5. The van der Waals surface area contributed by atoms with Gasteiger partial charge >= 0.3 is 5.97 Å². The number of nitrogens with two attached hydrogens (primary N) is 1. The first-order chi connectivity index (χ1) is 9.90. The van der Waals surface area contributed by atoms with Gasteiger partial charge in [0, 0.05) is 13.0 Å². The number of hydrogen-bond donors (Lipinski definition) is 1. The molecular weight excluding hydrogens is 278 g/mol. The van der Waals surface area contributed by atoms with Crippen molar-refractivity contribution in [3.63, 3.8) is 0 Å². The molecule has 0 aliphatic carbocycles. The van der Waals surface area contributed by atoms with Crippen molar-refractivity contribution in [1.82, 2.24) is 4.57 Å². The van der Waals surface area contributed by atoms with Crippen LogP contribution in [0.2, 0.25) is 0 Å². The summed E-state index contributed by atoms with van der Waals surface area (Å²) in [5.74, 6) is -1.28. The van der Waals surface area contributed by atoms with Gasteiger partial charge in [-0.3, -0.25) is 19.5 Å². The Balaban J connectivity index is 2.91. The lowest BCUT2D eigenvalue weighted by atomic mass is 10.2. The molecule has 2 aromatic rings. The summed E-state index contributed by atoms with van der Waals surface area (Å²) in [6.45, 7) is 2.94. The number of aromatic nitrogens is 1. The lowest BCUT2D eigenvalue weighted by Crippen LogP contribution is -2.17. The molecule has 0 saturated heterocycles. The monoisotopic (exact) mass is 291 g/mol. The Morgan fingerprint density at radius 3 is 2.62 bits per heavy atom. The molecule has 1 heterocycles. The fourth-order valence-corrected chi connectivity index (χ4v) is 2.23. The number of hydrogen-bond acceptors (Lipinski definition) is 6. The second-order valence-corrected chi connectivity index (χ2v) is 4.27. The van der Waals surface area contributed by atoms with Gasteiger partial charge in [-0.2, -0.15) is 0 Å². The molecule has 0 aliphatic heterocycles. The van der Waals surface area contributed by atoms with Crippen molar-refractivity contribution in [1.29, 1.82) is 0 Å². The van der Waals surface area contributed by atoms with E-state index in [2.05, 4.69) is 0 Å². The summed E-state index contributed by atoms with van der Waals surface area (Å²) in [4.78, 5) is 34.3. The normalized spacial score (nSPS) is 10.6. The third kappa shape index (κ3) is 2.20. The van der Waals surface area contributed by atoms with Gasteiger partial charge in [0.25, 0.3) is 5.69 Å². The Kier molecular flexibility index (Phi) is 3.62. The minimum atomic E-state index is -0.796. The first-order valence-corrected chi connectivity index (χ1v) is 6.15. The van der Waals surface area contributed by atoms with Gasteiger partial charge < -0.3 is 10.5 Å². The number of rotatable bonds is 3. The Morgan fingerprint density at radius 2 is 2.10 bits per heavy atom. The number of nitrogens with zero attached hydrogens (tertiary/aromatic N) is 2. The number of ether oxygens (including phenoxy) is 1. The molecule has 0 spiro atoms. The lowest BCUT2D eigenvalue weighted by Gasteiger charge is -2.06. The summed E-state index contributed by atoms with van der Waals surface area (Å²) in [6.07, 6.45) is 0. The minimum absolute atomic E-state index is 0.0563. The number of esters is 1. The number of non-ortho nitro benzene ring substituents is 1. The SMILES string of the molecule is CCOC(=O)c1c(N)c2c([N+](=O)[O-])cccc2n1C(C)=O. The van der Waals surface area contributed by atoms with Crippen LogP contribution in [0.4, 0.5) is 11.4 Å². The zero-order valence-electron chi connectivity index (χ0n) is 11.5. The van der Waals surface area contributed by atoms with Crippen LogP contribution in [0.15, 0.2) is 18.2 Å². The van der Waals surface area contributed by atoms with E-state index in [1.807, 2.05) is 0 Å². The summed E-state index contributed by atoms with van der Waals surface area (Å²) < 4.78 is 5.91. The molecule has 110 valence electrons. The highest BCUT2D eigenvalue weighted by molar-refractivity contribution is 6.13. The fourth-order valence-electron chi connectivity index (χ4n) is 2.23. The smallest absolute Gasteiger partial charge is 0.357 e. The molecule has 0 atom stereocenters. The highest BCUT2D eigenvalue weighted by Crippen LogP contribution is 2.35. The molecule has 8 heteroatoms. The number of carbonyl (C=O) groups excluding carboxylic acids is 2. The van der Waals surface area contributed by atoms with Gasteiger partial charge in [-0.1, -0.05) is 6.07 Å². The molecule has 0 amide bonds. The summed E-state index contributed by atoms with van der Waals surface area (Å²) in [7, 11) is 0. The van der Waals surface area contributed by atoms with Gasteiger partial charge in [-0.15, -0.1) is 0 Å². The predicted molar refractivity (Wildman–Crippen MR) is 75.3 cm³/mol. The third-order valence-corrected chi connectivity index (χ3v) is 2.99. The molecule has 8 nitrogen and oxygen atoms in total. The first-order valence-electron chi connectivity index (χ1n) is 6.15. The molecule has 0 radical (unpaired) electrons. The topological polar surface area (TPSA) is 117 Å². The second kappa shape index (κ2) is 5.23. The molecule has 0 saturated carbocycles.